The normalized spacial score (nSPS) is 20.7. The van der Waals surface area contributed by atoms with Crippen LogP contribution < -0.4 is 10.6 Å². The van der Waals surface area contributed by atoms with E-state index >= 15 is 0 Å². The SMILES string of the molecule is CNCCN1C(=O)NC(C)(C)C1=O. The molecular weight excluding hydrogens is 170 g/mol. The fourth-order valence-electron chi connectivity index (χ4n) is 1.24. The molecule has 5 heteroatoms. The fourth-order valence-corrected chi connectivity index (χ4v) is 1.24. The summed E-state index contributed by atoms with van der Waals surface area (Å²) in [5, 5.41) is 5.50. The molecule has 0 aromatic carbocycles. The van der Waals surface area contributed by atoms with Gasteiger partial charge in [-0.1, -0.05) is 0 Å². The van der Waals surface area contributed by atoms with Crippen LogP contribution in [-0.4, -0.2) is 42.5 Å². The smallest absolute Gasteiger partial charge is 0.324 e. The number of likely N-dealkylation sites (N-methyl/N-ethyl adjacent to an activating group) is 1. The Kier molecular flexibility index (Phi) is 2.56. The second-order valence-electron chi connectivity index (χ2n) is 3.62. The standard InChI is InChI=1S/C8H15N3O2/c1-8(2)6(12)11(5-4-9-3)7(13)10-8/h9H,4-5H2,1-3H3,(H,10,13). The highest BCUT2D eigenvalue weighted by atomic mass is 16.2. The Labute approximate surface area is 77.5 Å². The van der Waals surface area contributed by atoms with Crippen molar-refractivity contribution in [1.82, 2.24) is 15.5 Å². The van der Waals surface area contributed by atoms with Gasteiger partial charge in [-0.25, -0.2) is 4.79 Å². The zero-order chi connectivity index (χ0) is 10.1. The number of carbonyl (C=O) groups is 2. The highest BCUT2D eigenvalue weighted by Crippen LogP contribution is 2.15. The third kappa shape index (κ3) is 1.80. The van der Waals surface area contributed by atoms with Gasteiger partial charge in [-0.2, -0.15) is 0 Å². The summed E-state index contributed by atoms with van der Waals surface area (Å²) in [4.78, 5) is 24.1. The molecule has 0 aliphatic carbocycles. The average molecular weight is 185 g/mol. The number of hydrogen-bond donors (Lipinski definition) is 2. The van der Waals surface area contributed by atoms with E-state index in [0.29, 0.717) is 13.1 Å². The zero-order valence-corrected chi connectivity index (χ0v) is 8.18. The number of carbonyl (C=O) groups excluding carboxylic acids is 2. The maximum Gasteiger partial charge on any atom is 0.325 e. The molecule has 1 heterocycles. The van der Waals surface area contributed by atoms with E-state index in [0.717, 1.165) is 0 Å². The van der Waals surface area contributed by atoms with Crippen LogP contribution in [-0.2, 0) is 4.79 Å². The first-order valence-corrected chi connectivity index (χ1v) is 4.28. The van der Waals surface area contributed by atoms with E-state index in [4.69, 9.17) is 0 Å². The van der Waals surface area contributed by atoms with Crippen molar-refractivity contribution in [3.63, 3.8) is 0 Å². The van der Waals surface area contributed by atoms with Crippen LogP contribution in [0.25, 0.3) is 0 Å². The third-order valence-corrected chi connectivity index (χ3v) is 2.03. The van der Waals surface area contributed by atoms with E-state index in [1.54, 1.807) is 20.9 Å². The van der Waals surface area contributed by atoms with Crippen molar-refractivity contribution in [1.29, 1.82) is 0 Å². The first-order valence-electron chi connectivity index (χ1n) is 4.28. The number of hydrogen-bond acceptors (Lipinski definition) is 3. The van der Waals surface area contributed by atoms with Gasteiger partial charge in [0, 0.05) is 13.1 Å². The summed E-state index contributed by atoms with van der Waals surface area (Å²) in [5.41, 5.74) is -0.745. The van der Waals surface area contributed by atoms with Crippen molar-refractivity contribution in [2.75, 3.05) is 20.1 Å². The van der Waals surface area contributed by atoms with Crippen LogP contribution in [0.1, 0.15) is 13.8 Å². The Bertz CT molecular complexity index is 238. The van der Waals surface area contributed by atoms with Crippen LogP contribution in [0.2, 0.25) is 0 Å². The van der Waals surface area contributed by atoms with Crippen LogP contribution in [0.15, 0.2) is 0 Å². The highest BCUT2D eigenvalue weighted by molar-refractivity contribution is 6.06. The van der Waals surface area contributed by atoms with Crippen molar-refractivity contribution in [3.05, 3.63) is 0 Å². The van der Waals surface area contributed by atoms with Crippen LogP contribution in [0, 0.1) is 0 Å². The van der Waals surface area contributed by atoms with Crippen LogP contribution >= 0.6 is 0 Å². The van der Waals surface area contributed by atoms with Gasteiger partial charge in [0.25, 0.3) is 5.91 Å². The molecule has 13 heavy (non-hydrogen) atoms. The number of amides is 3. The number of nitrogens with zero attached hydrogens (tertiary/aromatic N) is 1. The molecule has 0 spiro atoms. The third-order valence-electron chi connectivity index (χ3n) is 2.03. The first-order chi connectivity index (χ1) is 5.99. The van der Waals surface area contributed by atoms with Gasteiger partial charge in [-0.05, 0) is 20.9 Å². The molecule has 2 N–H and O–H groups in total. The van der Waals surface area contributed by atoms with Crippen molar-refractivity contribution >= 4 is 11.9 Å². The first kappa shape index (κ1) is 9.98. The Morgan fingerprint density at radius 1 is 1.46 bits per heavy atom. The van der Waals surface area contributed by atoms with Gasteiger partial charge in [0.15, 0.2) is 0 Å². The predicted molar refractivity (Wildman–Crippen MR) is 48.3 cm³/mol. The zero-order valence-electron chi connectivity index (χ0n) is 8.18. The van der Waals surface area contributed by atoms with Crippen molar-refractivity contribution < 1.29 is 9.59 Å². The molecule has 5 nitrogen and oxygen atoms in total. The molecule has 0 bridgehead atoms. The average Bonchev–Trinajstić information content (AvgIpc) is 2.21. The molecule has 1 fully saturated rings. The molecular formula is C8H15N3O2. The summed E-state index contributed by atoms with van der Waals surface area (Å²) in [6, 6.07) is -0.301. The highest BCUT2D eigenvalue weighted by Gasteiger charge is 2.43. The van der Waals surface area contributed by atoms with Crippen LogP contribution in [0.4, 0.5) is 4.79 Å². The molecule has 74 valence electrons. The predicted octanol–water partition coefficient (Wildman–Crippen LogP) is -0.464. The summed E-state index contributed by atoms with van der Waals surface area (Å²) >= 11 is 0. The molecule has 1 rings (SSSR count). The van der Waals surface area contributed by atoms with Gasteiger partial charge < -0.3 is 10.6 Å². The Morgan fingerprint density at radius 2 is 2.08 bits per heavy atom. The molecule has 0 aromatic heterocycles. The minimum absolute atomic E-state index is 0.159. The summed E-state index contributed by atoms with van der Waals surface area (Å²) in [5.74, 6) is -0.159. The molecule has 0 aromatic rings. The van der Waals surface area contributed by atoms with E-state index in [-0.39, 0.29) is 11.9 Å². The summed E-state index contributed by atoms with van der Waals surface area (Å²) in [6.45, 7) is 4.44. The van der Waals surface area contributed by atoms with Gasteiger partial charge in [-0.3, -0.25) is 9.69 Å². The van der Waals surface area contributed by atoms with Gasteiger partial charge in [0.05, 0.1) is 0 Å². The van der Waals surface area contributed by atoms with E-state index in [1.807, 2.05) is 0 Å². The number of nitrogens with one attached hydrogen (secondary N) is 2. The molecule has 1 aliphatic rings. The molecule has 0 saturated carbocycles. The Hall–Kier alpha value is -1.10. The lowest BCUT2D eigenvalue weighted by Gasteiger charge is -2.15. The van der Waals surface area contributed by atoms with Crippen molar-refractivity contribution in [3.8, 4) is 0 Å². The van der Waals surface area contributed by atoms with Gasteiger partial charge >= 0.3 is 6.03 Å². The van der Waals surface area contributed by atoms with E-state index < -0.39 is 5.54 Å². The Morgan fingerprint density at radius 3 is 2.46 bits per heavy atom. The summed E-state index contributed by atoms with van der Waals surface area (Å²) in [7, 11) is 1.78. The minimum atomic E-state index is -0.745. The lowest BCUT2D eigenvalue weighted by Crippen LogP contribution is -2.41. The largest absolute Gasteiger partial charge is 0.325 e. The summed E-state index contributed by atoms with van der Waals surface area (Å²) < 4.78 is 0. The lowest BCUT2D eigenvalue weighted by atomic mass is 10.1. The molecule has 0 atom stereocenters. The van der Waals surface area contributed by atoms with Crippen molar-refractivity contribution in [2.24, 2.45) is 0 Å². The van der Waals surface area contributed by atoms with Gasteiger partial charge in [-0.15, -0.1) is 0 Å². The van der Waals surface area contributed by atoms with Crippen LogP contribution in [0.3, 0.4) is 0 Å². The molecule has 1 saturated heterocycles. The molecule has 0 radical (unpaired) electrons. The number of urea groups is 1. The van der Waals surface area contributed by atoms with E-state index in [1.165, 1.54) is 4.90 Å². The second-order valence-corrected chi connectivity index (χ2v) is 3.62. The van der Waals surface area contributed by atoms with Crippen molar-refractivity contribution in [2.45, 2.75) is 19.4 Å². The van der Waals surface area contributed by atoms with E-state index in [9.17, 15) is 9.59 Å². The van der Waals surface area contributed by atoms with Crippen LogP contribution in [0.5, 0.6) is 0 Å². The van der Waals surface area contributed by atoms with E-state index in [2.05, 4.69) is 10.6 Å². The molecule has 0 unspecified atom stereocenters. The topological polar surface area (TPSA) is 61.4 Å². The Balaban J connectivity index is 2.66. The molecule has 1 aliphatic heterocycles. The van der Waals surface area contributed by atoms with Gasteiger partial charge in [0.2, 0.25) is 0 Å². The quantitative estimate of drug-likeness (QED) is 0.585. The lowest BCUT2D eigenvalue weighted by molar-refractivity contribution is -0.130. The number of imide groups is 1. The maximum atomic E-state index is 11.6. The summed E-state index contributed by atoms with van der Waals surface area (Å²) in [6.07, 6.45) is 0. The van der Waals surface area contributed by atoms with Gasteiger partial charge in [0.1, 0.15) is 5.54 Å². The second kappa shape index (κ2) is 3.33. The fraction of sp³-hybridized carbons (Fsp3) is 0.750. The molecule has 3 amide bonds. The maximum absolute atomic E-state index is 11.6. The monoisotopic (exact) mass is 185 g/mol. The minimum Gasteiger partial charge on any atom is -0.324 e. The number of rotatable bonds is 3.